The Kier molecular flexibility index (Phi) is 5.36. The van der Waals surface area contributed by atoms with Gasteiger partial charge in [0.25, 0.3) is 0 Å². The molecular formula is C12H17NO3. The lowest BCUT2D eigenvalue weighted by Gasteiger charge is -2.09. The fourth-order valence-corrected chi connectivity index (χ4v) is 1.24. The molecule has 1 aromatic carbocycles. The number of benzene rings is 1. The molecule has 16 heavy (non-hydrogen) atoms. The lowest BCUT2D eigenvalue weighted by molar-refractivity contribution is 0.160. The van der Waals surface area contributed by atoms with E-state index in [2.05, 4.69) is 5.32 Å². The van der Waals surface area contributed by atoms with Crippen LogP contribution in [-0.4, -0.2) is 17.8 Å². The monoisotopic (exact) mass is 223 g/mol. The summed E-state index contributed by atoms with van der Waals surface area (Å²) in [7, 11) is 0. The average Bonchev–Trinajstić information content (AvgIpc) is 2.30. The van der Waals surface area contributed by atoms with E-state index in [9.17, 15) is 4.79 Å². The second kappa shape index (κ2) is 6.85. The maximum atomic E-state index is 11.3. The van der Waals surface area contributed by atoms with Crippen molar-refractivity contribution >= 4 is 11.8 Å². The quantitative estimate of drug-likeness (QED) is 0.754. The molecule has 4 heteroatoms. The maximum Gasteiger partial charge on any atom is 0.411 e. The van der Waals surface area contributed by atoms with Crippen molar-refractivity contribution in [3.05, 3.63) is 29.8 Å². The lowest BCUT2D eigenvalue weighted by atomic mass is 10.2. The van der Waals surface area contributed by atoms with Gasteiger partial charge in [-0.2, -0.15) is 0 Å². The van der Waals surface area contributed by atoms with E-state index in [0.29, 0.717) is 17.9 Å². The number of unbranched alkanes of at least 4 members (excludes halogenated alkanes) is 1. The number of aliphatic hydroxyl groups excluding tert-OH is 1. The number of ether oxygens (including phenoxy) is 1. The number of aliphatic hydroxyl groups is 1. The molecule has 4 nitrogen and oxygen atoms in total. The summed E-state index contributed by atoms with van der Waals surface area (Å²) in [6, 6.07) is 7.08. The van der Waals surface area contributed by atoms with Crippen molar-refractivity contribution < 1.29 is 14.6 Å². The Bertz CT molecular complexity index is 339. The van der Waals surface area contributed by atoms with Crippen LogP contribution in [0.25, 0.3) is 0 Å². The number of rotatable bonds is 5. The van der Waals surface area contributed by atoms with Crippen molar-refractivity contribution in [1.82, 2.24) is 0 Å². The minimum Gasteiger partial charge on any atom is -0.449 e. The first-order valence-corrected chi connectivity index (χ1v) is 5.40. The summed E-state index contributed by atoms with van der Waals surface area (Å²) in [5.74, 6) is 0. The van der Waals surface area contributed by atoms with Crippen LogP contribution in [0.3, 0.4) is 0 Å². The summed E-state index contributed by atoms with van der Waals surface area (Å²) < 4.78 is 4.95. The molecule has 0 aliphatic heterocycles. The van der Waals surface area contributed by atoms with E-state index in [1.807, 2.05) is 6.92 Å². The third-order valence-corrected chi connectivity index (χ3v) is 2.16. The molecule has 0 radical (unpaired) electrons. The van der Waals surface area contributed by atoms with Crippen molar-refractivity contribution in [1.29, 1.82) is 0 Å². The smallest absolute Gasteiger partial charge is 0.411 e. The van der Waals surface area contributed by atoms with Gasteiger partial charge in [0.2, 0.25) is 0 Å². The first kappa shape index (κ1) is 12.5. The van der Waals surface area contributed by atoms with Gasteiger partial charge < -0.3 is 9.84 Å². The molecular weight excluding hydrogens is 206 g/mol. The van der Waals surface area contributed by atoms with Crippen LogP contribution in [0.1, 0.15) is 25.3 Å². The third kappa shape index (κ3) is 3.90. The van der Waals surface area contributed by atoms with E-state index >= 15 is 0 Å². The Morgan fingerprint density at radius 3 is 2.88 bits per heavy atom. The number of hydrogen-bond acceptors (Lipinski definition) is 3. The molecule has 0 aliphatic rings. The summed E-state index contributed by atoms with van der Waals surface area (Å²) in [6.45, 7) is 2.34. The first-order valence-electron chi connectivity index (χ1n) is 5.40. The predicted molar refractivity (Wildman–Crippen MR) is 62.2 cm³/mol. The van der Waals surface area contributed by atoms with E-state index in [4.69, 9.17) is 9.84 Å². The molecule has 0 bridgehead atoms. The molecule has 0 aromatic heterocycles. The second-order valence-electron chi connectivity index (χ2n) is 3.43. The van der Waals surface area contributed by atoms with E-state index in [1.54, 1.807) is 24.3 Å². The van der Waals surface area contributed by atoms with Crippen molar-refractivity contribution in [3.63, 3.8) is 0 Å². The highest BCUT2D eigenvalue weighted by Crippen LogP contribution is 2.14. The second-order valence-corrected chi connectivity index (χ2v) is 3.43. The van der Waals surface area contributed by atoms with E-state index in [-0.39, 0.29) is 6.61 Å². The molecule has 0 heterocycles. The molecule has 1 rings (SSSR count). The highest BCUT2D eigenvalue weighted by molar-refractivity contribution is 5.85. The van der Waals surface area contributed by atoms with Crippen LogP contribution in [0.2, 0.25) is 0 Å². The number of carbonyl (C=O) groups excluding carboxylic acids is 1. The molecule has 0 spiro atoms. The van der Waals surface area contributed by atoms with Gasteiger partial charge in [-0.25, -0.2) is 4.79 Å². The Morgan fingerprint density at radius 1 is 1.44 bits per heavy atom. The SMILES string of the molecule is CCCCOC(=O)Nc1ccccc1CO. The summed E-state index contributed by atoms with van der Waals surface area (Å²) in [5, 5.41) is 11.7. The van der Waals surface area contributed by atoms with Crippen molar-refractivity contribution in [2.75, 3.05) is 11.9 Å². The average molecular weight is 223 g/mol. The highest BCUT2D eigenvalue weighted by Gasteiger charge is 2.05. The normalized spacial score (nSPS) is 9.88. The molecule has 0 unspecified atom stereocenters. The number of nitrogens with one attached hydrogen (secondary N) is 1. The van der Waals surface area contributed by atoms with Crippen molar-refractivity contribution in [3.8, 4) is 0 Å². The Labute approximate surface area is 95.2 Å². The van der Waals surface area contributed by atoms with Gasteiger partial charge in [0, 0.05) is 11.3 Å². The minimum absolute atomic E-state index is 0.106. The van der Waals surface area contributed by atoms with Gasteiger partial charge in [0.1, 0.15) is 0 Å². The van der Waals surface area contributed by atoms with Crippen molar-refractivity contribution in [2.24, 2.45) is 0 Å². The van der Waals surface area contributed by atoms with Crippen LogP contribution < -0.4 is 5.32 Å². The van der Waals surface area contributed by atoms with Gasteiger partial charge in [-0.1, -0.05) is 31.5 Å². The zero-order valence-electron chi connectivity index (χ0n) is 9.40. The number of amides is 1. The summed E-state index contributed by atoms with van der Waals surface area (Å²) >= 11 is 0. The molecule has 1 amide bonds. The Hall–Kier alpha value is -1.55. The fourth-order valence-electron chi connectivity index (χ4n) is 1.24. The van der Waals surface area contributed by atoms with Gasteiger partial charge in [0.15, 0.2) is 0 Å². The van der Waals surface area contributed by atoms with Crippen LogP contribution in [0.15, 0.2) is 24.3 Å². The van der Waals surface area contributed by atoms with E-state index in [1.165, 1.54) is 0 Å². The van der Waals surface area contributed by atoms with Crippen LogP contribution >= 0.6 is 0 Å². The van der Waals surface area contributed by atoms with Crippen LogP contribution in [-0.2, 0) is 11.3 Å². The van der Waals surface area contributed by atoms with Gasteiger partial charge in [-0.05, 0) is 12.5 Å². The van der Waals surface area contributed by atoms with Crippen LogP contribution in [0.4, 0.5) is 10.5 Å². The number of para-hydroxylation sites is 1. The minimum atomic E-state index is -0.477. The van der Waals surface area contributed by atoms with Crippen LogP contribution in [0.5, 0.6) is 0 Å². The van der Waals surface area contributed by atoms with E-state index in [0.717, 1.165) is 12.8 Å². The standard InChI is InChI=1S/C12H17NO3/c1-2-3-8-16-12(15)13-11-7-5-4-6-10(11)9-14/h4-7,14H,2-3,8-9H2,1H3,(H,13,15). The van der Waals surface area contributed by atoms with Gasteiger partial charge in [0.05, 0.1) is 13.2 Å². The topological polar surface area (TPSA) is 58.6 Å². The molecule has 0 aliphatic carbocycles. The zero-order chi connectivity index (χ0) is 11.8. The van der Waals surface area contributed by atoms with Gasteiger partial charge in [-0.3, -0.25) is 5.32 Å². The fraction of sp³-hybridized carbons (Fsp3) is 0.417. The molecule has 0 atom stereocenters. The van der Waals surface area contributed by atoms with Gasteiger partial charge in [-0.15, -0.1) is 0 Å². The molecule has 0 saturated heterocycles. The molecule has 0 saturated carbocycles. The predicted octanol–water partition coefficient (Wildman–Crippen LogP) is 2.53. The summed E-state index contributed by atoms with van der Waals surface area (Å²) in [4.78, 5) is 11.3. The van der Waals surface area contributed by atoms with E-state index < -0.39 is 6.09 Å². The largest absolute Gasteiger partial charge is 0.449 e. The number of carbonyl (C=O) groups is 1. The third-order valence-electron chi connectivity index (χ3n) is 2.16. The maximum absolute atomic E-state index is 11.3. The van der Waals surface area contributed by atoms with Crippen molar-refractivity contribution in [2.45, 2.75) is 26.4 Å². The zero-order valence-corrected chi connectivity index (χ0v) is 9.40. The number of hydrogen-bond donors (Lipinski definition) is 2. The Balaban J connectivity index is 2.49. The number of anilines is 1. The summed E-state index contributed by atoms with van der Waals surface area (Å²) in [6.07, 6.45) is 1.37. The Morgan fingerprint density at radius 2 is 2.19 bits per heavy atom. The molecule has 88 valence electrons. The molecule has 0 fully saturated rings. The van der Waals surface area contributed by atoms with Gasteiger partial charge >= 0.3 is 6.09 Å². The molecule has 1 aromatic rings. The first-order chi connectivity index (χ1) is 7.77. The molecule has 2 N–H and O–H groups in total. The summed E-state index contributed by atoms with van der Waals surface area (Å²) in [5.41, 5.74) is 1.27. The lowest BCUT2D eigenvalue weighted by Crippen LogP contribution is -2.15. The highest BCUT2D eigenvalue weighted by atomic mass is 16.5. The van der Waals surface area contributed by atoms with Crippen LogP contribution in [0, 0.1) is 0 Å².